The van der Waals surface area contributed by atoms with Crippen molar-refractivity contribution in [3.05, 3.63) is 17.6 Å². The lowest BCUT2D eigenvalue weighted by molar-refractivity contribution is -0.142. The number of alkyl halides is 2. The number of carbonyl (C=O) groups excluding carboxylic acids is 1. The summed E-state index contributed by atoms with van der Waals surface area (Å²) in [5, 5.41) is 0. The third kappa shape index (κ3) is 3.03. The van der Waals surface area contributed by atoms with E-state index in [-0.39, 0.29) is 37.8 Å². The molecule has 0 unspecified atom stereocenters. The number of aryl methyl sites for hydroxylation is 2. The van der Waals surface area contributed by atoms with E-state index in [1.165, 1.54) is 0 Å². The molecule has 1 aromatic heterocycles. The van der Waals surface area contributed by atoms with Gasteiger partial charge in [-0.05, 0) is 13.8 Å². The van der Waals surface area contributed by atoms with Crippen LogP contribution >= 0.6 is 0 Å². The lowest BCUT2D eigenvalue weighted by Gasteiger charge is -2.42. The second kappa shape index (κ2) is 5.44. The van der Waals surface area contributed by atoms with E-state index in [0.29, 0.717) is 18.9 Å². The largest absolute Gasteiger partial charge is 0.355 e. The quantitative estimate of drug-likeness (QED) is 0.835. The van der Waals surface area contributed by atoms with E-state index in [1.807, 2.05) is 24.8 Å². The van der Waals surface area contributed by atoms with Gasteiger partial charge in [0.25, 0.3) is 5.92 Å². The second-order valence-corrected chi connectivity index (χ2v) is 6.20. The maximum absolute atomic E-state index is 13.1. The Morgan fingerprint density at radius 1 is 1.23 bits per heavy atom. The number of amides is 1. The summed E-state index contributed by atoms with van der Waals surface area (Å²) in [6.07, 6.45) is -0.445. The highest BCUT2D eigenvalue weighted by Gasteiger charge is 2.40. The number of carbonyl (C=O) groups is 1. The summed E-state index contributed by atoms with van der Waals surface area (Å²) in [7, 11) is 0. The minimum atomic E-state index is -2.61. The lowest BCUT2D eigenvalue weighted by Crippen LogP contribution is -2.56. The number of aromatic nitrogens is 2. The van der Waals surface area contributed by atoms with Crippen LogP contribution in [0, 0.1) is 19.8 Å². The average molecular weight is 310 g/mol. The molecule has 0 spiro atoms. The van der Waals surface area contributed by atoms with Gasteiger partial charge in [-0.3, -0.25) is 4.79 Å². The maximum Gasteiger partial charge on any atom is 0.251 e. The second-order valence-electron chi connectivity index (χ2n) is 6.20. The first kappa shape index (κ1) is 15.1. The predicted octanol–water partition coefficient (Wildman–Crippen LogP) is 1.79. The van der Waals surface area contributed by atoms with Crippen LogP contribution in [0.5, 0.6) is 0 Å². The number of hydrogen-bond acceptors (Lipinski definition) is 4. The van der Waals surface area contributed by atoms with Crippen molar-refractivity contribution >= 4 is 11.7 Å². The van der Waals surface area contributed by atoms with E-state index in [0.717, 1.165) is 11.5 Å². The van der Waals surface area contributed by atoms with E-state index in [9.17, 15) is 13.6 Å². The normalized spacial score (nSPS) is 21.6. The molecule has 1 aromatic rings. The van der Waals surface area contributed by atoms with E-state index >= 15 is 0 Å². The third-order valence-electron chi connectivity index (χ3n) is 4.31. The van der Waals surface area contributed by atoms with Gasteiger partial charge in [-0.15, -0.1) is 0 Å². The summed E-state index contributed by atoms with van der Waals surface area (Å²) in [6, 6.07) is 1.90. The van der Waals surface area contributed by atoms with E-state index in [4.69, 9.17) is 0 Å². The standard InChI is InChI=1S/C15H20F2N4O/c1-10-7-13(19-11(2)18-10)21-8-12(9-21)14(22)20-5-3-15(16,17)4-6-20/h7,12H,3-6,8-9H2,1-2H3. The number of anilines is 1. The van der Waals surface area contributed by atoms with Gasteiger partial charge in [-0.25, -0.2) is 18.7 Å². The smallest absolute Gasteiger partial charge is 0.251 e. The zero-order chi connectivity index (χ0) is 15.9. The van der Waals surface area contributed by atoms with Crippen molar-refractivity contribution in [3.63, 3.8) is 0 Å². The fraction of sp³-hybridized carbons (Fsp3) is 0.667. The molecule has 22 heavy (non-hydrogen) atoms. The third-order valence-corrected chi connectivity index (χ3v) is 4.31. The fourth-order valence-corrected chi connectivity index (χ4v) is 2.99. The Morgan fingerprint density at radius 2 is 1.86 bits per heavy atom. The summed E-state index contributed by atoms with van der Waals surface area (Å²) in [5.74, 6) is -1.18. The highest BCUT2D eigenvalue weighted by atomic mass is 19.3. The van der Waals surface area contributed by atoms with Crippen LogP contribution in [0.15, 0.2) is 6.07 Å². The van der Waals surface area contributed by atoms with Crippen molar-refractivity contribution in [1.82, 2.24) is 14.9 Å². The van der Waals surface area contributed by atoms with Crippen LogP contribution in [-0.4, -0.2) is 52.9 Å². The van der Waals surface area contributed by atoms with Crippen molar-refractivity contribution in [2.75, 3.05) is 31.1 Å². The number of piperidine rings is 1. The van der Waals surface area contributed by atoms with Gasteiger partial charge in [0.1, 0.15) is 11.6 Å². The van der Waals surface area contributed by atoms with Crippen LogP contribution in [0.3, 0.4) is 0 Å². The molecule has 2 saturated heterocycles. The molecule has 1 amide bonds. The Balaban J connectivity index is 1.56. The van der Waals surface area contributed by atoms with Gasteiger partial charge in [0, 0.05) is 50.8 Å². The Bertz CT molecular complexity index is 557. The molecule has 2 fully saturated rings. The molecule has 0 aliphatic carbocycles. The van der Waals surface area contributed by atoms with Gasteiger partial charge in [0.2, 0.25) is 5.91 Å². The van der Waals surface area contributed by atoms with Crippen molar-refractivity contribution in [3.8, 4) is 0 Å². The zero-order valence-electron chi connectivity index (χ0n) is 12.9. The zero-order valence-corrected chi connectivity index (χ0v) is 12.9. The SMILES string of the molecule is Cc1cc(N2CC(C(=O)N3CCC(F)(F)CC3)C2)nc(C)n1. The van der Waals surface area contributed by atoms with Crippen LogP contribution in [0.4, 0.5) is 14.6 Å². The topological polar surface area (TPSA) is 49.3 Å². The van der Waals surface area contributed by atoms with Crippen LogP contribution < -0.4 is 4.90 Å². The molecule has 0 saturated carbocycles. The summed E-state index contributed by atoms with van der Waals surface area (Å²) < 4.78 is 26.3. The monoisotopic (exact) mass is 310 g/mol. The molecule has 2 aliphatic heterocycles. The average Bonchev–Trinajstić information content (AvgIpc) is 2.35. The van der Waals surface area contributed by atoms with Gasteiger partial charge in [0.05, 0.1) is 5.92 Å². The molecule has 0 radical (unpaired) electrons. The molecule has 0 aromatic carbocycles. The Hall–Kier alpha value is -1.79. The maximum atomic E-state index is 13.1. The highest BCUT2D eigenvalue weighted by molar-refractivity contribution is 5.82. The highest BCUT2D eigenvalue weighted by Crippen LogP contribution is 2.30. The van der Waals surface area contributed by atoms with Gasteiger partial charge in [-0.2, -0.15) is 0 Å². The molecule has 7 heteroatoms. The van der Waals surface area contributed by atoms with Crippen molar-refractivity contribution in [1.29, 1.82) is 0 Å². The summed E-state index contributed by atoms with van der Waals surface area (Å²) in [6.45, 7) is 5.27. The molecular weight excluding hydrogens is 290 g/mol. The van der Waals surface area contributed by atoms with Crippen molar-refractivity contribution in [2.45, 2.75) is 32.6 Å². The first-order chi connectivity index (χ1) is 10.3. The van der Waals surface area contributed by atoms with E-state index in [2.05, 4.69) is 9.97 Å². The number of rotatable bonds is 2. The first-order valence-electron chi connectivity index (χ1n) is 7.58. The molecular formula is C15H20F2N4O. The van der Waals surface area contributed by atoms with Gasteiger partial charge in [-0.1, -0.05) is 0 Å². The summed E-state index contributed by atoms with van der Waals surface area (Å²) in [5.41, 5.74) is 0.899. The molecule has 120 valence electrons. The molecule has 0 bridgehead atoms. The number of likely N-dealkylation sites (tertiary alicyclic amines) is 1. The van der Waals surface area contributed by atoms with Crippen molar-refractivity contribution in [2.24, 2.45) is 5.92 Å². The minimum absolute atomic E-state index is 0.00532. The van der Waals surface area contributed by atoms with Crippen LogP contribution in [-0.2, 0) is 4.79 Å². The Labute approximate surface area is 128 Å². The molecule has 5 nitrogen and oxygen atoms in total. The molecule has 0 atom stereocenters. The van der Waals surface area contributed by atoms with Gasteiger partial charge >= 0.3 is 0 Å². The molecule has 0 N–H and O–H groups in total. The van der Waals surface area contributed by atoms with E-state index in [1.54, 1.807) is 4.90 Å². The number of nitrogens with zero attached hydrogens (tertiary/aromatic N) is 4. The predicted molar refractivity (Wildman–Crippen MR) is 78.0 cm³/mol. The number of hydrogen-bond donors (Lipinski definition) is 0. The van der Waals surface area contributed by atoms with Crippen LogP contribution in [0.2, 0.25) is 0 Å². The Morgan fingerprint density at radius 3 is 2.45 bits per heavy atom. The molecule has 3 rings (SSSR count). The minimum Gasteiger partial charge on any atom is -0.355 e. The van der Waals surface area contributed by atoms with Crippen molar-refractivity contribution < 1.29 is 13.6 Å². The lowest BCUT2D eigenvalue weighted by atomic mass is 9.96. The number of halogens is 2. The fourth-order valence-electron chi connectivity index (χ4n) is 2.99. The Kier molecular flexibility index (Phi) is 3.74. The first-order valence-corrected chi connectivity index (χ1v) is 7.58. The van der Waals surface area contributed by atoms with Crippen LogP contribution in [0.1, 0.15) is 24.4 Å². The summed E-state index contributed by atoms with van der Waals surface area (Å²) in [4.78, 5) is 24.5. The summed E-state index contributed by atoms with van der Waals surface area (Å²) >= 11 is 0. The van der Waals surface area contributed by atoms with Gasteiger partial charge in [0.15, 0.2) is 0 Å². The van der Waals surface area contributed by atoms with Crippen LogP contribution in [0.25, 0.3) is 0 Å². The van der Waals surface area contributed by atoms with Gasteiger partial charge < -0.3 is 9.80 Å². The molecule has 2 aliphatic rings. The van der Waals surface area contributed by atoms with E-state index < -0.39 is 5.92 Å². The molecule has 3 heterocycles.